The molecular weight excluding hydrogens is 325 g/mol. The average molecular weight is 348 g/mol. The summed E-state index contributed by atoms with van der Waals surface area (Å²) in [6.45, 7) is 5.21. The van der Waals surface area contributed by atoms with Crippen molar-refractivity contribution in [2.45, 2.75) is 55.7 Å². The summed E-state index contributed by atoms with van der Waals surface area (Å²) in [7, 11) is -1.12. The molecule has 0 aromatic heterocycles. The highest BCUT2D eigenvalue weighted by atomic mass is 35.5. The minimum absolute atomic E-state index is 0.111. The highest BCUT2D eigenvalue weighted by molar-refractivity contribution is 7.85. The summed E-state index contributed by atoms with van der Waals surface area (Å²) >= 11 is 12.3. The van der Waals surface area contributed by atoms with E-state index in [-0.39, 0.29) is 5.25 Å². The second-order valence-electron chi connectivity index (χ2n) is 5.66. The largest absolute Gasteiger partial charge is 0.313 e. The lowest BCUT2D eigenvalue weighted by Crippen LogP contribution is -2.46. The Kier molecular flexibility index (Phi) is 6.54. The molecule has 1 aliphatic rings. The van der Waals surface area contributed by atoms with Crippen LogP contribution >= 0.6 is 23.2 Å². The molecule has 1 saturated carbocycles. The number of benzene rings is 1. The van der Waals surface area contributed by atoms with E-state index in [1.165, 1.54) is 6.42 Å². The first kappa shape index (κ1) is 17.3. The Balaban J connectivity index is 2.25. The maximum atomic E-state index is 13.0. The van der Waals surface area contributed by atoms with Crippen molar-refractivity contribution in [1.29, 1.82) is 0 Å². The van der Waals surface area contributed by atoms with Crippen LogP contribution in [0.2, 0.25) is 10.0 Å². The highest BCUT2D eigenvalue weighted by Gasteiger charge is 2.34. The van der Waals surface area contributed by atoms with Crippen LogP contribution in [0.3, 0.4) is 0 Å². The van der Waals surface area contributed by atoms with Gasteiger partial charge in [-0.2, -0.15) is 0 Å². The topological polar surface area (TPSA) is 29.1 Å². The van der Waals surface area contributed by atoms with Gasteiger partial charge < -0.3 is 5.32 Å². The van der Waals surface area contributed by atoms with Gasteiger partial charge in [-0.25, -0.2) is 0 Å². The molecule has 118 valence electrons. The number of halogens is 2. The van der Waals surface area contributed by atoms with E-state index in [4.69, 9.17) is 23.2 Å². The molecule has 1 fully saturated rings. The Morgan fingerprint density at radius 1 is 1.29 bits per heavy atom. The molecule has 0 aliphatic heterocycles. The fraction of sp³-hybridized carbons (Fsp3) is 0.625. The molecule has 0 amide bonds. The van der Waals surface area contributed by atoms with Gasteiger partial charge in [-0.3, -0.25) is 4.21 Å². The maximum absolute atomic E-state index is 13.0. The molecule has 4 unspecified atom stereocenters. The second-order valence-corrected chi connectivity index (χ2v) is 8.15. The van der Waals surface area contributed by atoms with Gasteiger partial charge in [0.05, 0.1) is 26.0 Å². The summed E-state index contributed by atoms with van der Waals surface area (Å²) in [6.07, 6.45) is 4.44. The normalized spacial score (nSPS) is 27.5. The molecule has 0 radical (unpaired) electrons. The van der Waals surface area contributed by atoms with Crippen molar-refractivity contribution in [3.63, 3.8) is 0 Å². The van der Waals surface area contributed by atoms with Gasteiger partial charge in [0.2, 0.25) is 0 Å². The number of hydrogen-bond donors (Lipinski definition) is 1. The lowest BCUT2D eigenvalue weighted by molar-refractivity contribution is 0.294. The van der Waals surface area contributed by atoms with Gasteiger partial charge in [-0.15, -0.1) is 0 Å². The Hall–Kier alpha value is -0.0900. The van der Waals surface area contributed by atoms with Crippen LogP contribution in [0.4, 0.5) is 0 Å². The van der Waals surface area contributed by atoms with E-state index in [9.17, 15) is 4.21 Å². The van der Waals surface area contributed by atoms with Gasteiger partial charge in [0, 0.05) is 11.1 Å². The molecule has 5 heteroatoms. The first-order chi connectivity index (χ1) is 10.1. The summed E-state index contributed by atoms with van der Waals surface area (Å²) < 4.78 is 13.0. The Labute approximate surface area is 140 Å². The van der Waals surface area contributed by atoms with Crippen LogP contribution < -0.4 is 5.32 Å². The minimum atomic E-state index is -1.12. The Morgan fingerprint density at radius 3 is 2.71 bits per heavy atom. The molecule has 1 aliphatic carbocycles. The lowest BCUT2D eigenvalue weighted by atomic mass is 9.84. The van der Waals surface area contributed by atoms with Crippen molar-refractivity contribution >= 4 is 34.0 Å². The average Bonchev–Trinajstić information content (AvgIpc) is 2.49. The van der Waals surface area contributed by atoms with Gasteiger partial charge in [-0.1, -0.05) is 43.5 Å². The fourth-order valence-corrected chi connectivity index (χ4v) is 5.50. The fourth-order valence-electron chi connectivity index (χ4n) is 3.11. The van der Waals surface area contributed by atoms with Gasteiger partial charge in [-0.05, 0) is 49.9 Å². The van der Waals surface area contributed by atoms with Crippen LogP contribution in [0.15, 0.2) is 23.1 Å². The third kappa shape index (κ3) is 4.22. The van der Waals surface area contributed by atoms with E-state index in [1.54, 1.807) is 18.2 Å². The maximum Gasteiger partial charge on any atom is 0.0592 e. The predicted molar refractivity (Wildman–Crippen MR) is 91.8 cm³/mol. The molecule has 0 spiro atoms. The SMILES string of the molecule is CCNC1CCC(CC)CC1S(=O)c1cc(Cl)ccc1Cl. The van der Waals surface area contributed by atoms with Crippen LogP contribution in [0, 0.1) is 5.92 Å². The van der Waals surface area contributed by atoms with Crippen molar-refractivity contribution in [1.82, 2.24) is 5.32 Å². The summed E-state index contributed by atoms with van der Waals surface area (Å²) in [5.74, 6) is 0.659. The third-order valence-electron chi connectivity index (χ3n) is 4.33. The van der Waals surface area contributed by atoms with Gasteiger partial charge >= 0.3 is 0 Å². The molecule has 2 nitrogen and oxygen atoms in total. The zero-order chi connectivity index (χ0) is 15.4. The minimum Gasteiger partial charge on any atom is -0.313 e. The zero-order valence-electron chi connectivity index (χ0n) is 12.6. The smallest absolute Gasteiger partial charge is 0.0592 e. The summed E-state index contributed by atoms with van der Waals surface area (Å²) in [5.41, 5.74) is 0. The van der Waals surface area contributed by atoms with E-state index >= 15 is 0 Å². The molecule has 0 bridgehead atoms. The Bertz CT molecular complexity index is 509. The van der Waals surface area contributed by atoms with Gasteiger partial charge in [0.25, 0.3) is 0 Å². The lowest BCUT2D eigenvalue weighted by Gasteiger charge is -2.36. The second kappa shape index (κ2) is 7.96. The van der Waals surface area contributed by atoms with E-state index in [0.29, 0.717) is 26.9 Å². The molecule has 2 rings (SSSR count). The Morgan fingerprint density at radius 2 is 2.05 bits per heavy atom. The van der Waals surface area contributed by atoms with E-state index in [0.717, 1.165) is 25.8 Å². The van der Waals surface area contributed by atoms with Crippen LogP contribution in [0.25, 0.3) is 0 Å². The predicted octanol–water partition coefficient (Wildman–Crippen LogP) is 4.66. The monoisotopic (exact) mass is 347 g/mol. The molecular formula is C16H23Cl2NOS. The van der Waals surface area contributed by atoms with Gasteiger partial charge in [0.1, 0.15) is 0 Å². The number of rotatable bonds is 5. The van der Waals surface area contributed by atoms with Crippen LogP contribution in [-0.4, -0.2) is 22.0 Å². The van der Waals surface area contributed by atoms with Crippen molar-refractivity contribution in [3.8, 4) is 0 Å². The number of hydrogen-bond acceptors (Lipinski definition) is 2. The standard InChI is InChI=1S/C16H23Cl2NOS/c1-3-11-5-8-14(19-4-2)16(9-11)21(20)15-10-12(17)6-7-13(15)18/h6-7,10-11,14,16,19H,3-5,8-9H2,1-2H3. The molecule has 0 saturated heterocycles. The van der Waals surface area contributed by atoms with Crippen molar-refractivity contribution in [3.05, 3.63) is 28.2 Å². The van der Waals surface area contributed by atoms with Crippen molar-refractivity contribution in [2.75, 3.05) is 6.54 Å². The van der Waals surface area contributed by atoms with E-state index in [2.05, 4.69) is 19.2 Å². The summed E-state index contributed by atoms with van der Waals surface area (Å²) in [4.78, 5) is 0.675. The van der Waals surface area contributed by atoms with Crippen molar-refractivity contribution in [2.24, 2.45) is 5.92 Å². The third-order valence-corrected chi connectivity index (χ3v) is 6.85. The molecule has 21 heavy (non-hydrogen) atoms. The van der Waals surface area contributed by atoms with Gasteiger partial charge in [0.15, 0.2) is 0 Å². The summed E-state index contributed by atoms with van der Waals surface area (Å²) in [6, 6.07) is 5.52. The molecule has 1 aromatic carbocycles. The highest BCUT2D eigenvalue weighted by Crippen LogP contribution is 2.34. The quantitative estimate of drug-likeness (QED) is 0.839. The molecule has 4 atom stereocenters. The molecule has 1 N–H and O–H groups in total. The number of nitrogens with one attached hydrogen (secondary N) is 1. The van der Waals surface area contributed by atoms with Crippen LogP contribution in [0.1, 0.15) is 39.5 Å². The van der Waals surface area contributed by atoms with E-state index in [1.807, 2.05) is 0 Å². The first-order valence-electron chi connectivity index (χ1n) is 7.65. The first-order valence-corrected chi connectivity index (χ1v) is 9.62. The molecule has 0 heterocycles. The van der Waals surface area contributed by atoms with Crippen LogP contribution in [0.5, 0.6) is 0 Å². The van der Waals surface area contributed by atoms with E-state index < -0.39 is 10.8 Å². The summed E-state index contributed by atoms with van der Waals surface area (Å²) in [5, 5.41) is 4.74. The molecule has 1 aromatic rings. The zero-order valence-corrected chi connectivity index (χ0v) is 14.9. The van der Waals surface area contributed by atoms with Crippen LogP contribution in [-0.2, 0) is 10.8 Å². The van der Waals surface area contributed by atoms with Crippen molar-refractivity contribution < 1.29 is 4.21 Å².